The summed E-state index contributed by atoms with van der Waals surface area (Å²) in [5, 5.41) is 1.05. The summed E-state index contributed by atoms with van der Waals surface area (Å²) in [5.74, 6) is 0.651. The van der Waals surface area contributed by atoms with Gasteiger partial charge < -0.3 is 14.8 Å². The number of aromatic amines is 1. The highest BCUT2D eigenvalue weighted by molar-refractivity contribution is 5.98. The lowest BCUT2D eigenvalue weighted by molar-refractivity contribution is -0.118. The molecule has 0 unspecified atom stereocenters. The number of halogens is 1. The van der Waals surface area contributed by atoms with Gasteiger partial charge in [-0.2, -0.15) is 0 Å². The normalized spacial score (nSPS) is 19.2. The second kappa shape index (κ2) is 8.04. The summed E-state index contributed by atoms with van der Waals surface area (Å²) in [5.41, 5.74) is 7.73. The third-order valence-corrected chi connectivity index (χ3v) is 7.75. The van der Waals surface area contributed by atoms with E-state index in [-0.39, 0.29) is 5.82 Å². The maximum atomic E-state index is 13.7. The van der Waals surface area contributed by atoms with E-state index in [0.717, 1.165) is 69.2 Å². The molecule has 0 bridgehead atoms. The second-order valence-corrected chi connectivity index (χ2v) is 9.71. The van der Waals surface area contributed by atoms with Crippen LogP contribution in [0, 0.1) is 5.82 Å². The van der Waals surface area contributed by atoms with Gasteiger partial charge in [0.25, 0.3) is 0 Å². The average Bonchev–Trinajstić information content (AvgIpc) is 3.42. The SMILES string of the molecule is O=C1CCc2cc(CCCN3CCC(c4c[nH]c5ccc(F)cc45)CC3)cc3c2N1CC3. The zero-order valence-corrected chi connectivity index (χ0v) is 18.5. The first kappa shape index (κ1) is 20.0. The lowest BCUT2D eigenvalue weighted by Gasteiger charge is -2.32. The lowest BCUT2D eigenvalue weighted by Crippen LogP contribution is -2.34. The molecule has 1 N–H and O–H groups in total. The van der Waals surface area contributed by atoms with Crippen molar-refractivity contribution < 1.29 is 9.18 Å². The van der Waals surface area contributed by atoms with Gasteiger partial charge in [-0.05, 0) is 105 Å². The van der Waals surface area contributed by atoms with Crippen molar-refractivity contribution in [3.63, 3.8) is 0 Å². The quantitative estimate of drug-likeness (QED) is 0.621. The molecule has 0 saturated carbocycles. The van der Waals surface area contributed by atoms with Crippen LogP contribution in [0.2, 0.25) is 0 Å². The molecule has 4 nitrogen and oxygen atoms in total. The minimum Gasteiger partial charge on any atom is -0.361 e. The van der Waals surface area contributed by atoms with Crippen LogP contribution in [-0.4, -0.2) is 42.0 Å². The van der Waals surface area contributed by atoms with Crippen LogP contribution in [0.1, 0.15) is 53.9 Å². The topological polar surface area (TPSA) is 39.3 Å². The summed E-state index contributed by atoms with van der Waals surface area (Å²) in [6, 6.07) is 9.74. The summed E-state index contributed by atoms with van der Waals surface area (Å²) in [6.45, 7) is 4.22. The van der Waals surface area contributed by atoms with Crippen LogP contribution in [0.3, 0.4) is 0 Å². The van der Waals surface area contributed by atoms with Gasteiger partial charge in [0.15, 0.2) is 0 Å². The smallest absolute Gasteiger partial charge is 0.227 e. The molecule has 4 heterocycles. The molecule has 2 aromatic carbocycles. The summed E-state index contributed by atoms with van der Waals surface area (Å²) in [7, 11) is 0. The third kappa shape index (κ3) is 3.53. The van der Waals surface area contributed by atoms with E-state index < -0.39 is 0 Å². The van der Waals surface area contributed by atoms with E-state index in [1.807, 2.05) is 11.0 Å². The first-order chi connectivity index (χ1) is 15.7. The average molecular weight is 432 g/mol. The summed E-state index contributed by atoms with van der Waals surface area (Å²) >= 11 is 0. The molecular weight excluding hydrogens is 401 g/mol. The lowest BCUT2D eigenvalue weighted by atomic mass is 9.89. The number of likely N-dealkylation sites (tertiary alicyclic amines) is 1. The largest absolute Gasteiger partial charge is 0.361 e. The van der Waals surface area contributed by atoms with Crippen molar-refractivity contribution in [2.45, 2.75) is 50.9 Å². The van der Waals surface area contributed by atoms with Crippen LogP contribution >= 0.6 is 0 Å². The molecule has 1 saturated heterocycles. The van der Waals surface area contributed by atoms with E-state index in [0.29, 0.717) is 18.2 Å². The maximum Gasteiger partial charge on any atom is 0.227 e. The van der Waals surface area contributed by atoms with Gasteiger partial charge in [-0.15, -0.1) is 0 Å². The summed E-state index contributed by atoms with van der Waals surface area (Å²) < 4.78 is 13.7. The molecule has 1 fully saturated rings. The van der Waals surface area contributed by atoms with Gasteiger partial charge in [-0.3, -0.25) is 4.79 Å². The predicted octanol–water partition coefficient (Wildman–Crippen LogP) is 4.95. The van der Waals surface area contributed by atoms with Crippen molar-refractivity contribution in [1.82, 2.24) is 9.88 Å². The van der Waals surface area contributed by atoms with E-state index in [1.54, 1.807) is 6.07 Å². The fourth-order valence-electron chi connectivity index (χ4n) is 6.10. The van der Waals surface area contributed by atoms with Crippen LogP contribution in [0.15, 0.2) is 36.5 Å². The number of anilines is 1. The van der Waals surface area contributed by atoms with Crippen LogP contribution in [0.4, 0.5) is 10.1 Å². The molecule has 0 spiro atoms. The van der Waals surface area contributed by atoms with Gasteiger partial charge in [0.1, 0.15) is 5.82 Å². The van der Waals surface area contributed by atoms with Gasteiger partial charge >= 0.3 is 0 Å². The first-order valence-electron chi connectivity index (χ1n) is 12.1. The molecular formula is C27H30FN3O. The zero-order chi connectivity index (χ0) is 21.7. The number of fused-ring (bicyclic) bond motifs is 1. The molecule has 0 aliphatic carbocycles. The standard InChI is InChI=1S/C27H30FN3O/c28-22-4-5-25-23(16-22)24(17-29-25)19-7-11-30(12-8-19)10-1-2-18-14-20-3-6-26(32)31-13-9-21(15-18)27(20)31/h4-5,14-17,19,29H,1-3,6-13H2. The molecule has 6 rings (SSSR count). The maximum absolute atomic E-state index is 13.7. The Morgan fingerprint density at radius 1 is 1.00 bits per heavy atom. The fraction of sp³-hybridized carbons (Fsp3) is 0.444. The molecule has 0 radical (unpaired) electrons. The van der Waals surface area contributed by atoms with E-state index in [1.165, 1.54) is 40.4 Å². The number of nitrogens with zero attached hydrogens (tertiary/aromatic N) is 2. The van der Waals surface area contributed by atoms with Gasteiger partial charge in [0.2, 0.25) is 5.91 Å². The number of amides is 1. The van der Waals surface area contributed by atoms with Gasteiger partial charge in [-0.1, -0.05) is 12.1 Å². The number of rotatable bonds is 5. The number of carbonyl (C=O) groups excluding carboxylic acids is 1. The second-order valence-electron chi connectivity index (χ2n) is 9.71. The van der Waals surface area contributed by atoms with Crippen LogP contribution in [0.5, 0.6) is 0 Å². The Morgan fingerprint density at radius 2 is 1.81 bits per heavy atom. The number of H-pyrrole nitrogens is 1. The Balaban J connectivity index is 1.04. The number of hydrogen-bond donors (Lipinski definition) is 1. The molecule has 0 atom stereocenters. The van der Waals surface area contributed by atoms with Crippen molar-refractivity contribution in [2.75, 3.05) is 31.1 Å². The molecule has 3 aromatic rings. The number of nitrogens with one attached hydrogen (secondary N) is 1. The monoisotopic (exact) mass is 431 g/mol. The minimum absolute atomic E-state index is 0.157. The molecule has 3 aliphatic heterocycles. The van der Waals surface area contributed by atoms with Crippen molar-refractivity contribution in [3.8, 4) is 0 Å². The highest BCUT2D eigenvalue weighted by Gasteiger charge is 2.31. The fourth-order valence-corrected chi connectivity index (χ4v) is 6.10. The summed E-state index contributed by atoms with van der Waals surface area (Å²) in [6.07, 6.45) is 9.20. The Morgan fingerprint density at radius 3 is 2.66 bits per heavy atom. The van der Waals surface area contributed by atoms with Crippen LogP contribution in [-0.2, 0) is 24.1 Å². The highest BCUT2D eigenvalue weighted by Crippen LogP contribution is 2.38. The summed E-state index contributed by atoms with van der Waals surface area (Å²) in [4.78, 5) is 20.0. The van der Waals surface area contributed by atoms with E-state index in [9.17, 15) is 9.18 Å². The van der Waals surface area contributed by atoms with Crippen LogP contribution in [0.25, 0.3) is 10.9 Å². The van der Waals surface area contributed by atoms with Gasteiger partial charge in [0.05, 0.1) is 5.69 Å². The molecule has 32 heavy (non-hydrogen) atoms. The van der Waals surface area contributed by atoms with Crippen molar-refractivity contribution in [1.29, 1.82) is 0 Å². The van der Waals surface area contributed by atoms with Gasteiger partial charge in [-0.25, -0.2) is 4.39 Å². The molecule has 1 aromatic heterocycles. The van der Waals surface area contributed by atoms with Gasteiger partial charge in [0, 0.05) is 30.1 Å². The van der Waals surface area contributed by atoms with E-state index in [2.05, 4.69) is 28.2 Å². The number of piperidine rings is 1. The zero-order valence-electron chi connectivity index (χ0n) is 18.5. The third-order valence-electron chi connectivity index (χ3n) is 7.75. The highest BCUT2D eigenvalue weighted by atomic mass is 19.1. The van der Waals surface area contributed by atoms with Crippen molar-refractivity contribution >= 4 is 22.5 Å². The number of aromatic nitrogens is 1. The minimum atomic E-state index is -0.157. The van der Waals surface area contributed by atoms with Crippen LogP contribution < -0.4 is 4.90 Å². The molecule has 5 heteroatoms. The first-order valence-corrected chi connectivity index (χ1v) is 12.1. The number of aryl methyl sites for hydroxylation is 2. The molecule has 1 amide bonds. The van der Waals surface area contributed by atoms with Crippen molar-refractivity contribution in [3.05, 3.63) is 64.6 Å². The van der Waals surface area contributed by atoms with E-state index in [4.69, 9.17) is 0 Å². The molecule has 166 valence electrons. The molecule has 3 aliphatic rings. The number of benzene rings is 2. The predicted molar refractivity (Wildman–Crippen MR) is 126 cm³/mol. The Hall–Kier alpha value is -2.66. The Bertz CT molecular complexity index is 1180. The Labute approximate surface area is 188 Å². The van der Waals surface area contributed by atoms with E-state index >= 15 is 0 Å². The number of carbonyl (C=O) groups is 1. The van der Waals surface area contributed by atoms with Crippen molar-refractivity contribution in [2.24, 2.45) is 0 Å². The number of hydrogen-bond acceptors (Lipinski definition) is 2. The Kier molecular flexibility index (Phi) is 5.02.